The summed E-state index contributed by atoms with van der Waals surface area (Å²) in [6.07, 6.45) is 1.36. The molecule has 70 valence electrons. The lowest BCUT2D eigenvalue weighted by Crippen LogP contribution is -2.45. The van der Waals surface area contributed by atoms with Gasteiger partial charge in [0.1, 0.15) is 0 Å². The molecular weight excluding hydrogens is 148 g/mol. The fraction of sp³-hybridized carbons (Fsp3) is 1.00. The molecule has 0 unspecified atom stereocenters. The van der Waals surface area contributed by atoms with Crippen LogP contribution in [0.25, 0.3) is 0 Å². The molecule has 2 heteroatoms. The van der Waals surface area contributed by atoms with E-state index in [1.807, 2.05) is 0 Å². The Labute approximate surface area is 75.1 Å². The summed E-state index contributed by atoms with van der Waals surface area (Å²) in [5.41, 5.74) is 6.16. The van der Waals surface area contributed by atoms with Crippen molar-refractivity contribution in [2.45, 2.75) is 45.3 Å². The molecule has 1 saturated heterocycles. The largest absolute Gasteiger partial charge is 0.326 e. The van der Waals surface area contributed by atoms with Crippen LogP contribution in [0.3, 0.4) is 0 Å². The smallest absolute Gasteiger partial charge is 0.0278 e. The van der Waals surface area contributed by atoms with E-state index >= 15 is 0 Å². The Bertz CT molecular complexity index is 179. The van der Waals surface area contributed by atoms with E-state index in [4.69, 9.17) is 5.73 Å². The Kier molecular flexibility index (Phi) is 1.92. The Morgan fingerprint density at radius 2 is 2.08 bits per heavy atom. The highest BCUT2D eigenvalue weighted by atomic mass is 15.2. The molecule has 2 aliphatic rings. The lowest BCUT2D eigenvalue weighted by atomic mass is 9.99. The van der Waals surface area contributed by atoms with Gasteiger partial charge in [0, 0.05) is 24.7 Å². The van der Waals surface area contributed by atoms with Gasteiger partial charge in [0.15, 0.2) is 0 Å². The zero-order chi connectivity index (χ0) is 8.88. The Morgan fingerprint density at radius 3 is 2.42 bits per heavy atom. The maximum Gasteiger partial charge on any atom is 0.0278 e. The predicted molar refractivity (Wildman–Crippen MR) is 50.9 cm³/mol. The maximum atomic E-state index is 6.16. The van der Waals surface area contributed by atoms with Crippen LogP contribution in [-0.4, -0.2) is 29.6 Å². The van der Waals surface area contributed by atoms with Gasteiger partial charge in [-0.1, -0.05) is 6.92 Å². The number of hydrogen-bond donors (Lipinski definition) is 1. The van der Waals surface area contributed by atoms with Crippen molar-refractivity contribution < 1.29 is 0 Å². The summed E-state index contributed by atoms with van der Waals surface area (Å²) < 4.78 is 0. The van der Waals surface area contributed by atoms with Crippen molar-refractivity contribution in [3.63, 3.8) is 0 Å². The second-order valence-electron chi connectivity index (χ2n) is 4.83. The first-order chi connectivity index (χ1) is 5.61. The van der Waals surface area contributed by atoms with E-state index in [1.165, 1.54) is 13.0 Å². The van der Waals surface area contributed by atoms with Crippen LogP contribution in [0.4, 0.5) is 0 Å². The lowest BCUT2D eigenvalue weighted by Gasteiger charge is -2.34. The molecule has 0 aromatic rings. The minimum Gasteiger partial charge on any atom is -0.326 e. The van der Waals surface area contributed by atoms with E-state index in [0.29, 0.717) is 18.1 Å². The third kappa shape index (κ3) is 1.01. The molecule has 2 N–H and O–H groups in total. The molecule has 1 aliphatic heterocycles. The molecule has 2 rings (SSSR count). The Hall–Kier alpha value is -0.0800. The number of piperidine rings is 1. The van der Waals surface area contributed by atoms with Gasteiger partial charge in [-0.05, 0) is 32.1 Å². The van der Waals surface area contributed by atoms with Crippen LogP contribution in [0.15, 0.2) is 0 Å². The Morgan fingerprint density at radius 1 is 1.42 bits per heavy atom. The molecule has 2 nitrogen and oxygen atoms in total. The molecule has 0 radical (unpaired) electrons. The fourth-order valence-corrected chi connectivity index (χ4v) is 3.12. The average Bonchev–Trinajstić information content (AvgIpc) is 2.42. The van der Waals surface area contributed by atoms with Gasteiger partial charge in [0.25, 0.3) is 0 Å². The molecule has 1 saturated carbocycles. The third-order valence-corrected chi connectivity index (χ3v) is 3.69. The van der Waals surface area contributed by atoms with Crippen LogP contribution in [0.1, 0.15) is 27.2 Å². The first-order valence-electron chi connectivity index (χ1n) is 5.12. The van der Waals surface area contributed by atoms with Gasteiger partial charge in [-0.3, -0.25) is 4.90 Å². The van der Waals surface area contributed by atoms with Crippen molar-refractivity contribution in [2.24, 2.45) is 17.6 Å². The van der Waals surface area contributed by atoms with Crippen molar-refractivity contribution in [2.75, 3.05) is 6.54 Å². The number of hydrogen-bond acceptors (Lipinski definition) is 2. The molecule has 0 aromatic heterocycles. The molecule has 2 bridgehead atoms. The molecule has 2 fully saturated rings. The number of rotatable bonds is 1. The van der Waals surface area contributed by atoms with E-state index in [2.05, 4.69) is 25.7 Å². The van der Waals surface area contributed by atoms with E-state index in [0.717, 1.165) is 11.8 Å². The monoisotopic (exact) mass is 168 g/mol. The SMILES string of the molecule is CC(C)N1C[C@H]2C[C@H](C)[C@@H]1[C@@H]2N. The third-order valence-electron chi connectivity index (χ3n) is 3.69. The van der Waals surface area contributed by atoms with Gasteiger partial charge < -0.3 is 5.73 Å². The second-order valence-corrected chi connectivity index (χ2v) is 4.83. The van der Waals surface area contributed by atoms with Gasteiger partial charge in [-0.15, -0.1) is 0 Å². The van der Waals surface area contributed by atoms with Gasteiger partial charge in [0.2, 0.25) is 0 Å². The van der Waals surface area contributed by atoms with Crippen molar-refractivity contribution in [3.8, 4) is 0 Å². The molecule has 12 heavy (non-hydrogen) atoms. The van der Waals surface area contributed by atoms with Crippen molar-refractivity contribution in [1.82, 2.24) is 4.90 Å². The second kappa shape index (κ2) is 2.71. The van der Waals surface area contributed by atoms with Gasteiger partial charge in [0.05, 0.1) is 0 Å². The summed E-state index contributed by atoms with van der Waals surface area (Å²) >= 11 is 0. The predicted octanol–water partition coefficient (Wildman–Crippen LogP) is 1.06. The number of likely N-dealkylation sites (tertiary alicyclic amines) is 1. The van der Waals surface area contributed by atoms with E-state index in [1.54, 1.807) is 0 Å². The summed E-state index contributed by atoms with van der Waals surface area (Å²) in [5, 5.41) is 0. The van der Waals surface area contributed by atoms with Crippen LogP contribution >= 0.6 is 0 Å². The molecular formula is C10H20N2. The average molecular weight is 168 g/mol. The molecule has 1 aliphatic carbocycles. The van der Waals surface area contributed by atoms with Crippen LogP contribution in [0, 0.1) is 11.8 Å². The van der Waals surface area contributed by atoms with E-state index < -0.39 is 0 Å². The molecule has 1 heterocycles. The number of nitrogens with zero attached hydrogens (tertiary/aromatic N) is 1. The number of nitrogens with two attached hydrogens (primary N) is 1. The Balaban J connectivity index is 2.14. The van der Waals surface area contributed by atoms with Gasteiger partial charge in [-0.2, -0.15) is 0 Å². The highest BCUT2D eigenvalue weighted by Gasteiger charge is 2.49. The normalized spacial score (nSPS) is 47.8. The highest BCUT2D eigenvalue weighted by Crippen LogP contribution is 2.41. The first kappa shape index (κ1) is 8.52. The molecule has 0 amide bonds. The van der Waals surface area contributed by atoms with Gasteiger partial charge >= 0.3 is 0 Å². The van der Waals surface area contributed by atoms with Gasteiger partial charge in [-0.25, -0.2) is 0 Å². The van der Waals surface area contributed by atoms with Crippen LogP contribution in [-0.2, 0) is 0 Å². The fourth-order valence-electron chi connectivity index (χ4n) is 3.12. The summed E-state index contributed by atoms with van der Waals surface area (Å²) in [7, 11) is 0. The summed E-state index contributed by atoms with van der Waals surface area (Å²) in [5.74, 6) is 1.61. The minimum absolute atomic E-state index is 0.461. The van der Waals surface area contributed by atoms with Crippen LogP contribution < -0.4 is 5.73 Å². The van der Waals surface area contributed by atoms with Crippen molar-refractivity contribution in [1.29, 1.82) is 0 Å². The highest BCUT2D eigenvalue weighted by molar-refractivity contribution is 5.05. The molecule has 4 atom stereocenters. The molecule has 0 aromatic carbocycles. The quantitative estimate of drug-likeness (QED) is 0.634. The van der Waals surface area contributed by atoms with E-state index in [9.17, 15) is 0 Å². The van der Waals surface area contributed by atoms with Crippen LogP contribution in [0.2, 0.25) is 0 Å². The summed E-state index contributed by atoms with van der Waals surface area (Å²) in [6.45, 7) is 8.15. The zero-order valence-corrected chi connectivity index (χ0v) is 8.33. The maximum absolute atomic E-state index is 6.16. The van der Waals surface area contributed by atoms with E-state index in [-0.39, 0.29) is 0 Å². The molecule has 0 spiro atoms. The minimum atomic E-state index is 0.461. The van der Waals surface area contributed by atoms with Crippen LogP contribution in [0.5, 0.6) is 0 Å². The first-order valence-corrected chi connectivity index (χ1v) is 5.12. The summed E-state index contributed by atoms with van der Waals surface area (Å²) in [4.78, 5) is 2.59. The number of fused-ring (bicyclic) bond motifs is 2. The topological polar surface area (TPSA) is 29.3 Å². The van der Waals surface area contributed by atoms with Crippen molar-refractivity contribution in [3.05, 3.63) is 0 Å². The standard InChI is InChI=1S/C10H20N2/c1-6(2)12-5-8-4-7(3)10(12)9(8)11/h6-10H,4-5,11H2,1-3H3/t7-,8+,9+,10+/m0/s1. The zero-order valence-electron chi connectivity index (χ0n) is 8.33. The lowest BCUT2D eigenvalue weighted by molar-refractivity contribution is 0.129. The van der Waals surface area contributed by atoms with Crippen molar-refractivity contribution >= 4 is 0 Å². The summed E-state index contributed by atoms with van der Waals surface area (Å²) in [6, 6.07) is 1.81.